The molecule has 0 aromatic heterocycles. The lowest BCUT2D eigenvalue weighted by Crippen LogP contribution is -2.17. The van der Waals surface area contributed by atoms with Gasteiger partial charge in [0.2, 0.25) is 0 Å². The van der Waals surface area contributed by atoms with Crippen LogP contribution in [0, 0.1) is 17.2 Å². The van der Waals surface area contributed by atoms with Crippen LogP contribution in [0.25, 0.3) is 0 Å². The maximum atomic E-state index is 8.25. The Balaban J connectivity index is 1.90. The van der Waals surface area contributed by atoms with E-state index in [0.717, 1.165) is 12.5 Å². The molecule has 0 heterocycles. The standard InChI is InChI=1S/C9H16N2/c10-6-8-11-7-5-9-3-1-2-4-9/h9,11H,1-5,7-8H2. The van der Waals surface area contributed by atoms with Gasteiger partial charge in [-0.25, -0.2) is 0 Å². The molecule has 0 saturated heterocycles. The Morgan fingerprint density at radius 3 is 2.73 bits per heavy atom. The third-order valence-electron chi connectivity index (χ3n) is 2.41. The molecule has 0 aromatic rings. The van der Waals surface area contributed by atoms with Gasteiger partial charge in [0.25, 0.3) is 0 Å². The van der Waals surface area contributed by atoms with Gasteiger partial charge in [0.1, 0.15) is 0 Å². The molecule has 1 N–H and O–H groups in total. The van der Waals surface area contributed by atoms with Gasteiger partial charge >= 0.3 is 0 Å². The van der Waals surface area contributed by atoms with E-state index in [0.29, 0.717) is 6.54 Å². The van der Waals surface area contributed by atoms with Crippen LogP contribution in [0.5, 0.6) is 0 Å². The average molecular weight is 152 g/mol. The molecule has 0 unspecified atom stereocenters. The molecule has 1 saturated carbocycles. The van der Waals surface area contributed by atoms with Crippen molar-refractivity contribution in [2.45, 2.75) is 32.1 Å². The summed E-state index contributed by atoms with van der Waals surface area (Å²) in [6, 6.07) is 2.08. The van der Waals surface area contributed by atoms with E-state index in [1.165, 1.54) is 32.1 Å². The van der Waals surface area contributed by atoms with Gasteiger partial charge in [-0.3, -0.25) is 0 Å². The molecule has 1 fully saturated rings. The zero-order valence-corrected chi connectivity index (χ0v) is 6.97. The number of nitriles is 1. The van der Waals surface area contributed by atoms with E-state index in [1.54, 1.807) is 0 Å². The van der Waals surface area contributed by atoms with E-state index >= 15 is 0 Å². The van der Waals surface area contributed by atoms with Crippen molar-refractivity contribution in [3.8, 4) is 6.07 Å². The van der Waals surface area contributed by atoms with Crippen LogP contribution < -0.4 is 5.32 Å². The Morgan fingerprint density at radius 2 is 2.09 bits per heavy atom. The lowest BCUT2D eigenvalue weighted by atomic mass is 10.0. The first-order chi connectivity index (χ1) is 5.43. The molecule has 0 aliphatic heterocycles. The van der Waals surface area contributed by atoms with Gasteiger partial charge in [-0.15, -0.1) is 0 Å². The lowest BCUT2D eigenvalue weighted by Gasteiger charge is -2.07. The summed E-state index contributed by atoms with van der Waals surface area (Å²) in [5.74, 6) is 0.946. The van der Waals surface area contributed by atoms with Crippen LogP contribution in [0.2, 0.25) is 0 Å². The minimum absolute atomic E-state index is 0.507. The first-order valence-corrected chi connectivity index (χ1v) is 4.51. The van der Waals surface area contributed by atoms with Gasteiger partial charge in [-0.05, 0) is 18.9 Å². The van der Waals surface area contributed by atoms with Crippen LogP contribution in [-0.4, -0.2) is 13.1 Å². The molecule has 62 valence electrons. The van der Waals surface area contributed by atoms with Crippen LogP contribution in [0.4, 0.5) is 0 Å². The molecule has 2 nitrogen and oxygen atoms in total. The summed E-state index contributed by atoms with van der Waals surface area (Å²) >= 11 is 0. The summed E-state index contributed by atoms with van der Waals surface area (Å²) in [4.78, 5) is 0. The molecule has 1 rings (SSSR count). The van der Waals surface area contributed by atoms with Gasteiger partial charge in [0.05, 0.1) is 12.6 Å². The van der Waals surface area contributed by atoms with Crippen molar-refractivity contribution >= 4 is 0 Å². The zero-order valence-electron chi connectivity index (χ0n) is 6.97. The van der Waals surface area contributed by atoms with Crippen LogP contribution in [0.3, 0.4) is 0 Å². The van der Waals surface area contributed by atoms with Crippen molar-refractivity contribution in [1.29, 1.82) is 5.26 Å². The molecule has 0 bridgehead atoms. The molecule has 0 radical (unpaired) electrons. The fourth-order valence-corrected chi connectivity index (χ4v) is 1.75. The van der Waals surface area contributed by atoms with Crippen LogP contribution in [0.15, 0.2) is 0 Å². The molecular weight excluding hydrogens is 136 g/mol. The second-order valence-electron chi connectivity index (χ2n) is 3.27. The summed E-state index contributed by atoms with van der Waals surface area (Å²) in [7, 11) is 0. The van der Waals surface area contributed by atoms with Crippen LogP contribution in [-0.2, 0) is 0 Å². The molecule has 11 heavy (non-hydrogen) atoms. The van der Waals surface area contributed by atoms with Gasteiger partial charge in [-0.1, -0.05) is 25.7 Å². The number of hydrogen-bond donors (Lipinski definition) is 1. The number of hydrogen-bond acceptors (Lipinski definition) is 2. The Bertz CT molecular complexity index is 131. The van der Waals surface area contributed by atoms with Crippen molar-refractivity contribution in [2.24, 2.45) is 5.92 Å². The summed E-state index contributed by atoms with van der Waals surface area (Å²) in [5, 5.41) is 11.3. The highest BCUT2D eigenvalue weighted by molar-refractivity contribution is 4.74. The lowest BCUT2D eigenvalue weighted by molar-refractivity contribution is 0.486. The fourth-order valence-electron chi connectivity index (χ4n) is 1.75. The highest BCUT2D eigenvalue weighted by Crippen LogP contribution is 2.26. The van der Waals surface area contributed by atoms with Gasteiger partial charge in [-0.2, -0.15) is 5.26 Å². The first kappa shape index (κ1) is 8.55. The minimum atomic E-state index is 0.507. The minimum Gasteiger partial charge on any atom is -0.304 e. The molecular formula is C9H16N2. The van der Waals surface area contributed by atoms with Crippen molar-refractivity contribution in [1.82, 2.24) is 5.32 Å². The van der Waals surface area contributed by atoms with Crippen molar-refractivity contribution < 1.29 is 0 Å². The van der Waals surface area contributed by atoms with E-state index in [4.69, 9.17) is 5.26 Å². The monoisotopic (exact) mass is 152 g/mol. The summed E-state index contributed by atoms with van der Waals surface area (Å²) in [6.07, 6.45) is 6.93. The Kier molecular flexibility index (Phi) is 4.00. The second-order valence-corrected chi connectivity index (χ2v) is 3.27. The Labute approximate surface area is 68.6 Å². The Morgan fingerprint density at radius 1 is 1.36 bits per heavy atom. The number of nitrogens with one attached hydrogen (secondary N) is 1. The highest BCUT2D eigenvalue weighted by atomic mass is 14.8. The van der Waals surface area contributed by atoms with E-state index in [9.17, 15) is 0 Å². The van der Waals surface area contributed by atoms with Gasteiger partial charge < -0.3 is 5.32 Å². The maximum absolute atomic E-state index is 8.25. The third-order valence-corrected chi connectivity index (χ3v) is 2.41. The molecule has 0 atom stereocenters. The molecule has 0 spiro atoms. The van der Waals surface area contributed by atoms with Gasteiger partial charge in [0.15, 0.2) is 0 Å². The first-order valence-electron chi connectivity index (χ1n) is 4.51. The van der Waals surface area contributed by atoms with Crippen LogP contribution in [0.1, 0.15) is 32.1 Å². The normalized spacial score (nSPS) is 18.5. The average Bonchev–Trinajstić information content (AvgIpc) is 2.50. The molecule has 2 heteroatoms. The summed E-state index contributed by atoms with van der Waals surface area (Å²) < 4.78 is 0. The quantitative estimate of drug-likeness (QED) is 0.491. The fraction of sp³-hybridized carbons (Fsp3) is 0.889. The van der Waals surface area contributed by atoms with Crippen molar-refractivity contribution in [3.63, 3.8) is 0 Å². The highest BCUT2D eigenvalue weighted by Gasteiger charge is 2.13. The molecule has 1 aliphatic rings. The summed E-state index contributed by atoms with van der Waals surface area (Å²) in [5.41, 5.74) is 0. The third kappa shape index (κ3) is 3.38. The van der Waals surface area contributed by atoms with Crippen LogP contribution >= 0.6 is 0 Å². The maximum Gasteiger partial charge on any atom is 0.0840 e. The Hall–Kier alpha value is -0.550. The van der Waals surface area contributed by atoms with Crippen molar-refractivity contribution in [3.05, 3.63) is 0 Å². The summed E-state index contributed by atoms with van der Waals surface area (Å²) in [6.45, 7) is 1.53. The van der Waals surface area contributed by atoms with Gasteiger partial charge in [0, 0.05) is 0 Å². The molecule has 0 aromatic carbocycles. The smallest absolute Gasteiger partial charge is 0.0840 e. The topological polar surface area (TPSA) is 35.8 Å². The van der Waals surface area contributed by atoms with E-state index < -0.39 is 0 Å². The largest absolute Gasteiger partial charge is 0.304 e. The van der Waals surface area contributed by atoms with E-state index in [1.807, 2.05) is 0 Å². The second kappa shape index (κ2) is 5.15. The molecule has 0 amide bonds. The predicted molar refractivity (Wildman–Crippen MR) is 45.1 cm³/mol. The van der Waals surface area contributed by atoms with Crippen molar-refractivity contribution in [2.75, 3.05) is 13.1 Å². The number of rotatable bonds is 4. The zero-order chi connectivity index (χ0) is 7.94. The van der Waals surface area contributed by atoms with E-state index in [2.05, 4.69) is 11.4 Å². The molecule has 1 aliphatic carbocycles. The number of nitrogens with zero attached hydrogens (tertiary/aromatic N) is 1. The predicted octanol–water partition coefficient (Wildman–Crippen LogP) is 1.68. The SMILES string of the molecule is N#CCNCCC1CCCC1. The van der Waals surface area contributed by atoms with E-state index in [-0.39, 0.29) is 0 Å².